The second-order valence-corrected chi connectivity index (χ2v) is 5.56. The van der Waals surface area contributed by atoms with Gasteiger partial charge in [0.2, 0.25) is 5.91 Å². The normalized spacial score (nSPS) is 16.4. The van der Waals surface area contributed by atoms with Crippen LogP contribution in [0.1, 0.15) is 5.56 Å². The van der Waals surface area contributed by atoms with Gasteiger partial charge in [-0.1, -0.05) is 23.7 Å². The molecule has 1 unspecified atom stereocenters. The smallest absolute Gasteiger partial charge is 0.231 e. The number of carbonyl (C=O) groups is 1. The minimum absolute atomic E-state index is 0.0958. The quantitative estimate of drug-likeness (QED) is 0.942. The van der Waals surface area contributed by atoms with E-state index in [9.17, 15) is 4.79 Å². The van der Waals surface area contributed by atoms with Crippen LogP contribution in [0.15, 0.2) is 42.5 Å². The molecule has 1 aliphatic rings. The molecule has 1 atom stereocenters. The Morgan fingerprint density at radius 2 is 2.14 bits per heavy atom. The molecule has 0 bridgehead atoms. The lowest BCUT2D eigenvalue weighted by Gasteiger charge is -2.25. The molecule has 1 heterocycles. The minimum atomic E-state index is -0.254. The number of hydrogen-bond donors (Lipinski definition) is 1. The first-order valence-corrected chi connectivity index (χ1v) is 7.40. The number of hydrogen-bond acceptors (Lipinski definition) is 3. The van der Waals surface area contributed by atoms with Crippen LogP contribution in [0.2, 0.25) is 5.02 Å². The number of benzene rings is 2. The number of carbonyl (C=O) groups excluding carboxylic acids is 1. The number of halogens is 1. The average molecular weight is 318 g/mol. The highest BCUT2D eigenvalue weighted by atomic mass is 35.5. The van der Waals surface area contributed by atoms with E-state index in [2.05, 4.69) is 5.32 Å². The number of fused-ring (bicyclic) bond motifs is 1. The van der Waals surface area contributed by atoms with Gasteiger partial charge in [-0.3, -0.25) is 4.79 Å². The van der Waals surface area contributed by atoms with E-state index in [1.165, 1.54) is 0 Å². The summed E-state index contributed by atoms with van der Waals surface area (Å²) in [6, 6.07) is 12.8. The first kappa shape index (κ1) is 14.7. The summed E-state index contributed by atoms with van der Waals surface area (Å²) in [5.74, 6) is 1.22. The maximum Gasteiger partial charge on any atom is 0.231 e. The van der Waals surface area contributed by atoms with Crippen molar-refractivity contribution >= 4 is 23.2 Å². The Bertz CT molecular complexity index is 702. The fourth-order valence-electron chi connectivity index (χ4n) is 2.46. The number of para-hydroxylation sites is 1. The third kappa shape index (κ3) is 3.02. The molecule has 1 aliphatic heterocycles. The summed E-state index contributed by atoms with van der Waals surface area (Å²) in [6.45, 7) is 0.357. The summed E-state index contributed by atoms with van der Waals surface area (Å²) in [7, 11) is 1.62. The minimum Gasteiger partial charge on any atom is -0.497 e. The van der Waals surface area contributed by atoms with Crippen LogP contribution in [0, 0.1) is 5.92 Å². The van der Waals surface area contributed by atoms with Crippen LogP contribution in [-0.2, 0) is 11.2 Å². The highest BCUT2D eigenvalue weighted by Gasteiger charge is 2.26. The van der Waals surface area contributed by atoms with Gasteiger partial charge in [0.1, 0.15) is 18.1 Å². The van der Waals surface area contributed by atoms with Crippen molar-refractivity contribution in [1.82, 2.24) is 0 Å². The number of nitrogens with one attached hydrogen (secondary N) is 1. The van der Waals surface area contributed by atoms with Crippen molar-refractivity contribution in [2.24, 2.45) is 5.92 Å². The van der Waals surface area contributed by atoms with Crippen LogP contribution in [0.25, 0.3) is 0 Å². The fraction of sp³-hybridized carbons (Fsp3) is 0.235. The van der Waals surface area contributed by atoms with E-state index in [0.717, 1.165) is 17.1 Å². The van der Waals surface area contributed by atoms with Gasteiger partial charge < -0.3 is 14.8 Å². The van der Waals surface area contributed by atoms with E-state index < -0.39 is 0 Å². The molecule has 22 heavy (non-hydrogen) atoms. The Balaban J connectivity index is 1.73. The Morgan fingerprint density at radius 3 is 2.91 bits per heavy atom. The fourth-order valence-corrected chi connectivity index (χ4v) is 2.65. The summed E-state index contributed by atoms with van der Waals surface area (Å²) in [6.07, 6.45) is 0.614. The summed E-state index contributed by atoms with van der Waals surface area (Å²) < 4.78 is 10.9. The monoisotopic (exact) mass is 317 g/mol. The molecule has 1 N–H and O–H groups in total. The first-order valence-electron chi connectivity index (χ1n) is 7.02. The summed E-state index contributed by atoms with van der Waals surface area (Å²) in [5.41, 5.74) is 1.59. The van der Waals surface area contributed by atoms with Gasteiger partial charge >= 0.3 is 0 Å². The van der Waals surface area contributed by atoms with Crippen molar-refractivity contribution in [3.8, 4) is 11.5 Å². The molecule has 0 saturated carbocycles. The van der Waals surface area contributed by atoms with Gasteiger partial charge in [0.15, 0.2) is 0 Å². The summed E-state index contributed by atoms with van der Waals surface area (Å²) >= 11 is 6.07. The standard InChI is InChI=1S/C17H16ClNO3/c1-21-13-6-7-16-11(9-13)8-12(10-22-16)17(20)19-15-5-3-2-4-14(15)18/h2-7,9,12H,8,10H2,1H3,(H,19,20). The molecule has 0 spiro atoms. The van der Waals surface area contributed by atoms with Crippen molar-refractivity contribution in [3.05, 3.63) is 53.1 Å². The third-order valence-electron chi connectivity index (χ3n) is 3.68. The zero-order valence-electron chi connectivity index (χ0n) is 12.1. The average Bonchev–Trinajstić information content (AvgIpc) is 2.55. The maximum atomic E-state index is 12.4. The van der Waals surface area contributed by atoms with Crippen molar-refractivity contribution in [2.75, 3.05) is 19.0 Å². The predicted octanol–water partition coefficient (Wildman–Crippen LogP) is 3.54. The number of anilines is 1. The predicted molar refractivity (Wildman–Crippen MR) is 85.8 cm³/mol. The van der Waals surface area contributed by atoms with Crippen molar-refractivity contribution in [3.63, 3.8) is 0 Å². The molecule has 0 aromatic heterocycles. The number of methoxy groups -OCH3 is 1. The van der Waals surface area contributed by atoms with E-state index in [1.807, 2.05) is 30.3 Å². The first-order chi connectivity index (χ1) is 10.7. The van der Waals surface area contributed by atoms with Gasteiger partial charge in [0, 0.05) is 0 Å². The van der Waals surface area contributed by atoms with Crippen molar-refractivity contribution < 1.29 is 14.3 Å². The van der Waals surface area contributed by atoms with E-state index in [4.69, 9.17) is 21.1 Å². The second-order valence-electron chi connectivity index (χ2n) is 5.15. The maximum absolute atomic E-state index is 12.4. The van der Waals surface area contributed by atoms with Gasteiger partial charge in [0.05, 0.1) is 23.7 Å². The van der Waals surface area contributed by atoms with E-state index in [1.54, 1.807) is 19.2 Å². The second kappa shape index (κ2) is 6.28. The third-order valence-corrected chi connectivity index (χ3v) is 4.01. The molecule has 114 valence electrons. The zero-order chi connectivity index (χ0) is 15.5. The molecule has 5 heteroatoms. The summed E-state index contributed by atoms with van der Waals surface area (Å²) in [4.78, 5) is 12.4. The van der Waals surface area contributed by atoms with Crippen molar-refractivity contribution in [2.45, 2.75) is 6.42 Å². The molecule has 0 radical (unpaired) electrons. The van der Waals surface area contributed by atoms with Crippen LogP contribution in [-0.4, -0.2) is 19.6 Å². The van der Waals surface area contributed by atoms with Gasteiger partial charge in [-0.15, -0.1) is 0 Å². The van der Waals surface area contributed by atoms with Crippen LogP contribution in [0.4, 0.5) is 5.69 Å². The van der Waals surface area contributed by atoms with Crippen LogP contribution in [0.5, 0.6) is 11.5 Å². The summed E-state index contributed by atoms with van der Waals surface area (Å²) in [5, 5.41) is 3.38. The molecule has 0 fully saturated rings. The SMILES string of the molecule is COc1ccc2c(c1)CC(C(=O)Nc1ccccc1Cl)CO2. The number of amides is 1. The Hall–Kier alpha value is -2.20. The molecule has 1 amide bonds. The molecule has 0 saturated heterocycles. The highest BCUT2D eigenvalue weighted by Crippen LogP contribution is 2.31. The molecule has 4 nitrogen and oxygen atoms in total. The van der Waals surface area contributed by atoms with Gasteiger partial charge in [-0.05, 0) is 42.3 Å². The van der Waals surface area contributed by atoms with Crippen LogP contribution in [0.3, 0.4) is 0 Å². The van der Waals surface area contributed by atoms with Gasteiger partial charge in [-0.25, -0.2) is 0 Å². The van der Waals surface area contributed by atoms with Gasteiger partial charge in [-0.2, -0.15) is 0 Å². The highest BCUT2D eigenvalue weighted by molar-refractivity contribution is 6.33. The lowest BCUT2D eigenvalue weighted by atomic mass is 9.95. The molecular formula is C17H16ClNO3. The Labute approximate surface area is 134 Å². The molecule has 2 aromatic rings. The molecular weight excluding hydrogens is 302 g/mol. The topological polar surface area (TPSA) is 47.6 Å². The molecule has 0 aliphatic carbocycles. The van der Waals surface area contributed by atoms with Gasteiger partial charge in [0.25, 0.3) is 0 Å². The molecule has 3 rings (SSSR count). The van der Waals surface area contributed by atoms with Crippen molar-refractivity contribution in [1.29, 1.82) is 0 Å². The van der Waals surface area contributed by atoms with E-state index in [-0.39, 0.29) is 11.8 Å². The Morgan fingerprint density at radius 1 is 1.32 bits per heavy atom. The lowest BCUT2D eigenvalue weighted by molar-refractivity contribution is -0.121. The number of ether oxygens (including phenoxy) is 2. The largest absolute Gasteiger partial charge is 0.497 e. The lowest BCUT2D eigenvalue weighted by Crippen LogP contribution is -2.32. The molecule has 2 aromatic carbocycles. The van der Waals surface area contributed by atoms with E-state index in [0.29, 0.717) is 23.7 Å². The Kier molecular flexibility index (Phi) is 4.20. The van der Waals surface area contributed by atoms with Crippen LogP contribution >= 0.6 is 11.6 Å². The zero-order valence-corrected chi connectivity index (χ0v) is 12.9. The van der Waals surface area contributed by atoms with Crippen LogP contribution < -0.4 is 14.8 Å². The van der Waals surface area contributed by atoms with E-state index >= 15 is 0 Å². The number of rotatable bonds is 3.